The third-order valence-electron chi connectivity index (χ3n) is 5.51. The van der Waals surface area contributed by atoms with Crippen LogP contribution < -0.4 is 19.1 Å². The van der Waals surface area contributed by atoms with E-state index in [0.717, 1.165) is 41.3 Å². The Bertz CT molecular complexity index is 899. The Hall–Kier alpha value is -2.99. The molecule has 0 atom stereocenters. The lowest BCUT2D eigenvalue weighted by molar-refractivity contribution is -0.120. The largest absolute Gasteiger partial charge is 0.496 e. The lowest BCUT2D eigenvalue weighted by Crippen LogP contribution is -2.45. The molecule has 0 N–H and O–H groups in total. The van der Waals surface area contributed by atoms with Gasteiger partial charge in [-0.1, -0.05) is 24.3 Å². The van der Waals surface area contributed by atoms with E-state index in [1.54, 1.807) is 21.3 Å². The van der Waals surface area contributed by atoms with E-state index >= 15 is 0 Å². The number of hydrogen-bond acceptors (Lipinski definition) is 5. The molecule has 2 aromatic rings. The maximum Gasteiger partial charge on any atom is 0.241 e. The summed E-state index contributed by atoms with van der Waals surface area (Å²) in [4.78, 5) is 17.1. The summed E-state index contributed by atoms with van der Waals surface area (Å²) in [6.45, 7) is 5.95. The molecule has 1 amide bonds. The molecule has 0 saturated heterocycles. The maximum absolute atomic E-state index is 13.1. The molecule has 3 rings (SSSR count). The normalized spacial score (nSPS) is 14.2. The molecular weight excluding hydrogens is 392 g/mol. The first kappa shape index (κ1) is 22.7. The molecule has 0 aliphatic carbocycles. The number of carbonyl (C=O) groups is 1. The van der Waals surface area contributed by atoms with Gasteiger partial charge in [-0.25, -0.2) is 0 Å². The lowest BCUT2D eigenvalue weighted by atomic mass is 9.97. The number of ether oxygens (including phenoxy) is 3. The van der Waals surface area contributed by atoms with Crippen molar-refractivity contribution in [3.63, 3.8) is 0 Å². The van der Waals surface area contributed by atoms with Crippen molar-refractivity contribution in [1.82, 2.24) is 4.90 Å². The second-order valence-electron chi connectivity index (χ2n) is 7.81. The summed E-state index contributed by atoms with van der Waals surface area (Å²) in [7, 11) is 4.92. The molecule has 6 nitrogen and oxygen atoms in total. The van der Waals surface area contributed by atoms with Crippen LogP contribution in [0, 0.1) is 0 Å². The van der Waals surface area contributed by atoms with Crippen molar-refractivity contribution in [2.75, 3.05) is 45.9 Å². The van der Waals surface area contributed by atoms with Crippen molar-refractivity contribution in [3.8, 4) is 17.2 Å². The molecule has 0 fully saturated rings. The van der Waals surface area contributed by atoms with Gasteiger partial charge in [0.25, 0.3) is 0 Å². The van der Waals surface area contributed by atoms with Gasteiger partial charge < -0.3 is 19.1 Å². The number of methoxy groups -OCH3 is 3. The Balaban J connectivity index is 1.75. The topological polar surface area (TPSA) is 51.2 Å². The minimum absolute atomic E-state index is 0.0959. The summed E-state index contributed by atoms with van der Waals surface area (Å²) in [6.07, 6.45) is 2.96. The van der Waals surface area contributed by atoms with E-state index in [1.165, 1.54) is 0 Å². The van der Waals surface area contributed by atoms with E-state index in [2.05, 4.69) is 11.0 Å². The van der Waals surface area contributed by atoms with Crippen LogP contribution in [0.25, 0.3) is 5.57 Å². The highest BCUT2D eigenvalue weighted by atomic mass is 16.5. The highest BCUT2D eigenvalue weighted by Gasteiger charge is 2.25. The Morgan fingerprint density at radius 2 is 1.68 bits per heavy atom. The van der Waals surface area contributed by atoms with Crippen LogP contribution >= 0.6 is 0 Å². The molecule has 0 unspecified atom stereocenters. The van der Waals surface area contributed by atoms with Crippen LogP contribution in [0.3, 0.4) is 0 Å². The number of nitrogens with zero attached hydrogens (tertiary/aromatic N) is 2. The number of anilines is 1. The number of hydrogen-bond donors (Lipinski definition) is 0. The zero-order chi connectivity index (χ0) is 22.4. The fourth-order valence-corrected chi connectivity index (χ4v) is 3.99. The van der Waals surface area contributed by atoms with Crippen molar-refractivity contribution in [2.24, 2.45) is 0 Å². The molecule has 166 valence electrons. The molecule has 0 bridgehead atoms. The lowest BCUT2D eigenvalue weighted by Gasteiger charge is -2.32. The van der Waals surface area contributed by atoms with Crippen LogP contribution in [0.4, 0.5) is 5.69 Å². The highest BCUT2D eigenvalue weighted by Crippen LogP contribution is 2.40. The van der Waals surface area contributed by atoms with Gasteiger partial charge >= 0.3 is 0 Å². The van der Waals surface area contributed by atoms with Crippen molar-refractivity contribution in [2.45, 2.75) is 26.3 Å². The molecular formula is C25H32N2O4. The molecule has 31 heavy (non-hydrogen) atoms. The van der Waals surface area contributed by atoms with Crippen molar-refractivity contribution >= 4 is 17.2 Å². The van der Waals surface area contributed by atoms with Gasteiger partial charge in [-0.15, -0.1) is 0 Å². The van der Waals surface area contributed by atoms with Crippen LogP contribution in [0.5, 0.6) is 17.2 Å². The highest BCUT2D eigenvalue weighted by molar-refractivity contribution is 5.95. The van der Waals surface area contributed by atoms with Gasteiger partial charge in [0.15, 0.2) is 0 Å². The SMILES string of the molecule is COc1cc(OC)c(C2=CCN(CC(=O)N(c3ccccc3)C(C)C)CC2)c(OC)c1. The molecule has 1 aliphatic heterocycles. The quantitative estimate of drug-likeness (QED) is 0.634. The average Bonchev–Trinajstić information content (AvgIpc) is 2.79. The molecule has 1 aliphatic rings. The Kier molecular flexibility index (Phi) is 7.58. The molecule has 0 spiro atoms. The summed E-state index contributed by atoms with van der Waals surface area (Å²) in [5, 5.41) is 0. The van der Waals surface area contributed by atoms with E-state index in [4.69, 9.17) is 14.2 Å². The first-order valence-corrected chi connectivity index (χ1v) is 10.6. The fourth-order valence-electron chi connectivity index (χ4n) is 3.99. The Labute approximate surface area is 185 Å². The maximum atomic E-state index is 13.1. The summed E-state index contributed by atoms with van der Waals surface area (Å²) in [5.41, 5.74) is 3.04. The summed E-state index contributed by atoms with van der Waals surface area (Å²) < 4.78 is 16.6. The van der Waals surface area contributed by atoms with Crippen molar-refractivity contribution in [3.05, 3.63) is 54.1 Å². The summed E-state index contributed by atoms with van der Waals surface area (Å²) in [6, 6.07) is 13.7. The molecule has 0 radical (unpaired) electrons. The second-order valence-corrected chi connectivity index (χ2v) is 7.81. The zero-order valence-electron chi connectivity index (χ0n) is 19.1. The smallest absolute Gasteiger partial charge is 0.241 e. The summed E-state index contributed by atoms with van der Waals surface area (Å²) in [5.74, 6) is 2.25. The van der Waals surface area contributed by atoms with Crippen LogP contribution in [0.1, 0.15) is 25.8 Å². The third kappa shape index (κ3) is 5.20. The Morgan fingerprint density at radius 3 is 2.16 bits per heavy atom. The molecule has 2 aromatic carbocycles. The van der Waals surface area contributed by atoms with Gasteiger partial charge in [-0.2, -0.15) is 0 Å². The van der Waals surface area contributed by atoms with Crippen LogP contribution in [-0.4, -0.2) is 57.8 Å². The van der Waals surface area contributed by atoms with Crippen molar-refractivity contribution in [1.29, 1.82) is 0 Å². The first-order chi connectivity index (χ1) is 15.0. The van der Waals surface area contributed by atoms with Crippen LogP contribution in [0.15, 0.2) is 48.5 Å². The second kappa shape index (κ2) is 10.4. The van der Waals surface area contributed by atoms with Gasteiger partial charge in [0, 0.05) is 37.0 Å². The van der Waals surface area contributed by atoms with Crippen LogP contribution in [0.2, 0.25) is 0 Å². The van der Waals surface area contributed by atoms with Gasteiger partial charge in [0.1, 0.15) is 17.2 Å². The van der Waals surface area contributed by atoms with E-state index in [0.29, 0.717) is 18.8 Å². The van der Waals surface area contributed by atoms with Crippen LogP contribution in [-0.2, 0) is 4.79 Å². The van der Waals surface area contributed by atoms with Gasteiger partial charge in [0.05, 0.1) is 33.4 Å². The Morgan fingerprint density at radius 1 is 1.03 bits per heavy atom. The average molecular weight is 425 g/mol. The van der Waals surface area contributed by atoms with E-state index < -0.39 is 0 Å². The molecule has 0 aromatic heterocycles. The predicted octanol–water partition coefficient (Wildman–Crippen LogP) is 4.24. The number of benzene rings is 2. The van der Waals surface area contributed by atoms with Crippen molar-refractivity contribution < 1.29 is 19.0 Å². The minimum atomic E-state index is 0.0959. The zero-order valence-corrected chi connectivity index (χ0v) is 19.1. The van der Waals surface area contributed by atoms with Gasteiger partial charge in [-0.05, 0) is 38.0 Å². The van der Waals surface area contributed by atoms with E-state index in [1.807, 2.05) is 61.2 Å². The first-order valence-electron chi connectivity index (χ1n) is 10.6. The molecule has 0 saturated carbocycles. The number of carbonyl (C=O) groups excluding carboxylic acids is 1. The van der Waals surface area contributed by atoms with E-state index in [9.17, 15) is 4.79 Å². The number of para-hydroxylation sites is 1. The number of amides is 1. The van der Waals surface area contributed by atoms with E-state index in [-0.39, 0.29) is 11.9 Å². The predicted molar refractivity (Wildman–Crippen MR) is 124 cm³/mol. The molecule has 6 heteroatoms. The number of rotatable bonds is 8. The standard InChI is InChI=1S/C25H32N2O4/c1-18(2)27(20-9-7-6-8-10-20)24(28)17-26-13-11-19(12-14-26)25-22(30-4)15-21(29-3)16-23(25)31-5/h6-11,15-16,18H,12-14,17H2,1-5H3. The minimum Gasteiger partial charge on any atom is -0.496 e. The monoisotopic (exact) mass is 424 g/mol. The molecule has 1 heterocycles. The van der Waals surface area contributed by atoms with Gasteiger partial charge in [-0.3, -0.25) is 9.69 Å². The fraction of sp³-hybridized carbons (Fsp3) is 0.400. The third-order valence-corrected chi connectivity index (χ3v) is 5.51. The summed E-state index contributed by atoms with van der Waals surface area (Å²) >= 11 is 0. The van der Waals surface area contributed by atoms with Gasteiger partial charge in [0.2, 0.25) is 5.91 Å².